The number of hydrogen-bond acceptors (Lipinski definition) is 5. The molecule has 0 saturated heterocycles. The fourth-order valence-electron chi connectivity index (χ4n) is 3.26. The van der Waals surface area contributed by atoms with E-state index >= 15 is 0 Å². The number of sulfone groups is 1. The third-order valence-electron chi connectivity index (χ3n) is 4.96. The predicted molar refractivity (Wildman–Crippen MR) is 121 cm³/mol. The summed E-state index contributed by atoms with van der Waals surface area (Å²) < 4.78 is 50.3. The van der Waals surface area contributed by atoms with Crippen LogP contribution in [0.2, 0.25) is 0 Å². The first-order valence-electron chi connectivity index (χ1n) is 9.60. The minimum absolute atomic E-state index is 0.189. The lowest BCUT2D eigenvalue weighted by molar-refractivity contribution is 0.234. The number of halogens is 2. The summed E-state index contributed by atoms with van der Waals surface area (Å²) in [6, 6.07) is 19.9. The van der Waals surface area contributed by atoms with Crippen LogP contribution in [0, 0.1) is 6.92 Å². The second kappa shape index (κ2) is 8.84. The third-order valence-corrected chi connectivity index (χ3v) is 7.36. The van der Waals surface area contributed by atoms with E-state index in [1.54, 1.807) is 22.8 Å². The number of aromatic nitrogens is 2. The van der Waals surface area contributed by atoms with E-state index in [2.05, 4.69) is 4.98 Å². The number of benzene rings is 3. The largest absolute Gasteiger partial charge is 0.341 e. The van der Waals surface area contributed by atoms with Gasteiger partial charge in [-0.2, -0.15) is 8.78 Å². The van der Waals surface area contributed by atoms with E-state index in [-0.39, 0.29) is 5.56 Å². The highest BCUT2D eigenvalue weighted by atomic mass is 32.2. The van der Waals surface area contributed by atoms with E-state index in [1.807, 2.05) is 37.3 Å². The van der Waals surface area contributed by atoms with Gasteiger partial charge in [-0.3, -0.25) is 9.36 Å². The Bertz CT molecular complexity index is 1450. The minimum Gasteiger partial charge on any atom is -0.268 e. The van der Waals surface area contributed by atoms with Crippen molar-refractivity contribution in [1.29, 1.82) is 0 Å². The number of fused-ring (bicyclic) bond motifs is 1. The molecule has 0 spiro atoms. The number of alkyl halides is 2. The van der Waals surface area contributed by atoms with Crippen molar-refractivity contribution in [3.63, 3.8) is 0 Å². The monoisotopic (exact) mass is 472 g/mol. The second-order valence-corrected chi connectivity index (χ2v) is 9.94. The van der Waals surface area contributed by atoms with E-state index in [0.717, 1.165) is 11.3 Å². The van der Waals surface area contributed by atoms with Crippen molar-refractivity contribution in [3.05, 3.63) is 94.3 Å². The number of hydrogen-bond donors (Lipinski definition) is 0. The summed E-state index contributed by atoms with van der Waals surface area (Å²) in [5.41, 5.74) is 2.72. The molecule has 1 heterocycles. The molecule has 0 unspecified atom stereocenters. The number of rotatable bonds is 6. The van der Waals surface area contributed by atoms with Crippen LogP contribution in [0.5, 0.6) is 0 Å². The van der Waals surface area contributed by atoms with Gasteiger partial charge in [0.25, 0.3) is 5.56 Å². The van der Waals surface area contributed by atoms with Crippen molar-refractivity contribution in [3.8, 4) is 5.69 Å². The van der Waals surface area contributed by atoms with Gasteiger partial charge in [0, 0.05) is 5.75 Å². The zero-order valence-corrected chi connectivity index (χ0v) is 18.5. The Hall–Kier alpha value is -3.04. The lowest BCUT2D eigenvalue weighted by Crippen LogP contribution is -2.22. The van der Waals surface area contributed by atoms with Crippen molar-refractivity contribution in [2.75, 3.05) is 0 Å². The van der Waals surface area contributed by atoms with Gasteiger partial charge in [0.05, 0.1) is 21.5 Å². The van der Waals surface area contributed by atoms with Crippen LogP contribution in [0.15, 0.2) is 87.6 Å². The molecule has 164 valence electrons. The highest BCUT2D eigenvalue weighted by Crippen LogP contribution is 2.27. The van der Waals surface area contributed by atoms with E-state index in [0.29, 0.717) is 27.4 Å². The molecule has 0 radical (unpaired) electrons. The summed E-state index contributed by atoms with van der Waals surface area (Å²) in [6.45, 7) is 1.91. The lowest BCUT2D eigenvalue weighted by Gasteiger charge is -2.15. The maximum absolute atomic E-state index is 13.3. The van der Waals surface area contributed by atoms with Crippen molar-refractivity contribution in [2.24, 2.45) is 0 Å². The van der Waals surface area contributed by atoms with Crippen LogP contribution >= 0.6 is 11.8 Å². The quantitative estimate of drug-likeness (QED) is 0.292. The van der Waals surface area contributed by atoms with Crippen LogP contribution in [0.25, 0.3) is 16.6 Å². The van der Waals surface area contributed by atoms with Gasteiger partial charge < -0.3 is 0 Å². The Labute approximate surface area is 187 Å². The molecule has 32 heavy (non-hydrogen) atoms. The molecule has 0 bridgehead atoms. The average molecular weight is 473 g/mol. The topological polar surface area (TPSA) is 69.0 Å². The third kappa shape index (κ3) is 4.18. The zero-order valence-electron chi connectivity index (χ0n) is 16.9. The Balaban J connectivity index is 1.73. The molecular weight excluding hydrogens is 454 g/mol. The molecule has 4 aromatic rings. The summed E-state index contributed by atoms with van der Waals surface area (Å²) in [5, 5.41) is 0.981. The first-order valence-corrected chi connectivity index (χ1v) is 12.1. The van der Waals surface area contributed by atoms with Crippen molar-refractivity contribution >= 4 is 32.5 Å². The van der Waals surface area contributed by atoms with Crippen molar-refractivity contribution < 1.29 is 17.2 Å². The minimum atomic E-state index is -4.64. The van der Waals surface area contributed by atoms with Crippen LogP contribution in [0.1, 0.15) is 11.1 Å². The molecule has 0 aliphatic carbocycles. The highest BCUT2D eigenvalue weighted by molar-refractivity contribution is 7.98. The molecule has 4 rings (SSSR count). The van der Waals surface area contributed by atoms with Crippen molar-refractivity contribution in [2.45, 2.75) is 28.5 Å². The summed E-state index contributed by atoms with van der Waals surface area (Å²) in [6.07, 6.45) is 0. The van der Waals surface area contributed by atoms with E-state index in [4.69, 9.17) is 0 Å². The molecule has 0 saturated carbocycles. The predicted octanol–water partition coefficient (Wildman–Crippen LogP) is 4.98. The molecule has 0 fully saturated rings. The molecule has 0 aliphatic heterocycles. The van der Waals surface area contributed by atoms with Crippen LogP contribution in [0.3, 0.4) is 0 Å². The van der Waals surface area contributed by atoms with Crippen LogP contribution in [0.4, 0.5) is 8.78 Å². The van der Waals surface area contributed by atoms with Gasteiger partial charge in [0.1, 0.15) is 0 Å². The highest BCUT2D eigenvalue weighted by Gasteiger charge is 2.26. The molecule has 0 aliphatic rings. The fourth-order valence-corrected chi connectivity index (χ4v) is 4.94. The SMILES string of the molecule is Cc1ccccc1-n1c(SCc2ccc(S(=O)(=O)C(F)F)cc2)nc2ccccc2c1=O. The van der Waals surface area contributed by atoms with E-state index < -0.39 is 20.5 Å². The Morgan fingerprint density at radius 3 is 2.31 bits per heavy atom. The lowest BCUT2D eigenvalue weighted by atomic mass is 10.2. The summed E-state index contributed by atoms with van der Waals surface area (Å²) in [5.74, 6) is -3.10. The van der Waals surface area contributed by atoms with Crippen molar-refractivity contribution in [1.82, 2.24) is 9.55 Å². The van der Waals surface area contributed by atoms with Gasteiger partial charge in [-0.15, -0.1) is 0 Å². The van der Waals surface area contributed by atoms with Crippen LogP contribution in [-0.4, -0.2) is 23.7 Å². The first-order chi connectivity index (χ1) is 15.3. The Kier molecular flexibility index (Phi) is 6.12. The molecule has 0 atom stereocenters. The van der Waals surface area contributed by atoms with E-state index in [9.17, 15) is 22.0 Å². The standard InChI is InChI=1S/C23H18F2N2O3S2/c1-15-6-2-5-9-20(15)27-21(28)18-7-3-4-8-19(18)26-23(27)31-14-16-10-12-17(13-11-16)32(29,30)22(24)25/h2-13,22H,14H2,1H3. The molecule has 1 aromatic heterocycles. The Morgan fingerprint density at radius 1 is 0.969 bits per heavy atom. The van der Waals surface area contributed by atoms with Gasteiger partial charge in [-0.05, 0) is 48.4 Å². The van der Waals surface area contributed by atoms with Gasteiger partial charge >= 0.3 is 5.76 Å². The number of para-hydroxylation sites is 2. The Morgan fingerprint density at radius 2 is 1.62 bits per heavy atom. The molecule has 9 heteroatoms. The molecule has 0 amide bonds. The van der Waals surface area contributed by atoms with Gasteiger partial charge in [0.15, 0.2) is 5.16 Å². The van der Waals surface area contributed by atoms with E-state index in [1.165, 1.54) is 36.0 Å². The van der Waals surface area contributed by atoms with Gasteiger partial charge in [-0.25, -0.2) is 13.4 Å². The average Bonchev–Trinajstić information content (AvgIpc) is 2.79. The number of aryl methyl sites for hydroxylation is 1. The van der Waals surface area contributed by atoms with Crippen LogP contribution < -0.4 is 5.56 Å². The van der Waals surface area contributed by atoms with Gasteiger partial charge in [-0.1, -0.05) is 54.2 Å². The number of nitrogens with zero attached hydrogens (tertiary/aromatic N) is 2. The maximum atomic E-state index is 13.3. The van der Waals surface area contributed by atoms with Gasteiger partial charge in [0.2, 0.25) is 9.84 Å². The zero-order chi connectivity index (χ0) is 22.9. The fraction of sp³-hybridized carbons (Fsp3) is 0.130. The van der Waals surface area contributed by atoms with Crippen LogP contribution in [-0.2, 0) is 15.6 Å². The molecular formula is C23H18F2N2O3S2. The smallest absolute Gasteiger partial charge is 0.268 e. The molecule has 0 N–H and O–H groups in total. The molecule has 3 aromatic carbocycles. The summed E-state index contributed by atoms with van der Waals surface area (Å²) >= 11 is 1.31. The summed E-state index contributed by atoms with van der Waals surface area (Å²) in [4.78, 5) is 17.6. The number of thioether (sulfide) groups is 1. The normalized spacial score (nSPS) is 11.9. The second-order valence-electron chi connectivity index (χ2n) is 7.08. The summed E-state index contributed by atoms with van der Waals surface area (Å²) in [7, 11) is -4.64. The maximum Gasteiger partial charge on any atom is 0.341 e. The first kappa shape index (κ1) is 22.2. The molecule has 5 nitrogen and oxygen atoms in total.